The molecule has 2 aliphatic heterocycles. The average Bonchev–Trinajstić information content (AvgIpc) is 2.83. The number of urea groups is 1. The zero-order valence-corrected chi connectivity index (χ0v) is 19.1. The number of ether oxygens (including phenoxy) is 3. The molecule has 1 unspecified atom stereocenters. The predicted octanol–water partition coefficient (Wildman–Crippen LogP) is 3.33. The summed E-state index contributed by atoms with van der Waals surface area (Å²) in [5.74, 6) is 1.06. The van der Waals surface area contributed by atoms with Gasteiger partial charge in [-0.05, 0) is 61.2 Å². The number of aryl methyl sites for hydroxylation is 1. The molecule has 2 amide bonds. The smallest absolute Gasteiger partial charge is 0.338 e. The highest BCUT2D eigenvalue weighted by Crippen LogP contribution is 2.33. The number of hydrogen-bond donors (Lipinski definition) is 2. The van der Waals surface area contributed by atoms with Crippen LogP contribution in [0.1, 0.15) is 30.5 Å². The maximum Gasteiger partial charge on any atom is 0.338 e. The first-order chi connectivity index (χ1) is 16.0. The van der Waals surface area contributed by atoms with E-state index in [1.165, 1.54) is 5.56 Å². The summed E-state index contributed by atoms with van der Waals surface area (Å²) >= 11 is 0. The van der Waals surface area contributed by atoms with E-state index < -0.39 is 12.0 Å². The monoisotopic (exact) mass is 451 g/mol. The Kier molecular flexibility index (Phi) is 6.72. The Morgan fingerprint density at radius 1 is 1.09 bits per heavy atom. The number of carbonyl (C=O) groups is 2. The Balaban J connectivity index is 1.73. The molecule has 33 heavy (non-hydrogen) atoms. The molecule has 174 valence electrons. The van der Waals surface area contributed by atoms with Gasteiger partial charge in [-0.3, -0.25) is 0 Å². The van der Waals surface area contributed by atoms with Gasteiger partial charge in [-0.25, -0.2) is 9.59 Å². The molecule has 2 aromatic rings. The fraction of sp³-hybridized carbons (Fsp3) is 0.360. The van der Waals surface area contributed by atoms with Crippen molar-refractivity contribution >= 4 is 17.7 Å². The van der Waals surface area contributed by atoms with E-state index in [0.29, 0.717) is 23.6 Å². The van der Waals surface area contributed by atoms with Crippen molar-refractivity contribution < 1.29 is 23.8 Å². The third-order valence-corrected chi connectivity index (χ3v) is 5.95. The van der Waals surface area contributed by atoms with Gasteiger partial charge < -0.3 is 29.7 Å². The van der Waals surface area contributed by atoms with Crippen LogP contribution in [0.25, 0.3) is 0 Å². The molecule has 4 rings (SSSR count). The van der Waals surface area contributed by atoms with E-state index in [1.54, 1.807) is 33.3 Å². The molecule has 0 radical (unpaired) electrons. The van der Waals surface area contributed by atoms with Crippen LogP contribution in [0.2, 0.25) is 0 Å². The maximum atomic E-state index is 13.1. The van der Waals surface area contributed by atoms with Crippen molar-refractivity contribution in [3.63, 3.8) is 0 Å². The minimum absolute atomic E-state index is 0.241. The number of carbonyl (C=O) groups excluding carboxylic acids is 2. The van der Waals surface area contributed by atoms with E-state index in [-0.39, 0.29) is 12.6 Å². The summed E-state index contributed by atoms with van der Waals surface area (Å²) in [6, 6.07) is 12.3. The molecule has 2 N–H and O–H groups in total. The second-order valence-corrected chi connectivity index (χ2v) is 7.94. The second-order valence-electron chi connectivity index (χ2n) is 7.94. The van der Waals surface area contributed by atoms with Crippen molar-refractivity contribution in [1.29, 1.82) is 0 Å². The molecule has 1 atom stereocenters. The zero-order chi connectivity index (χ0) is 23.4. The molecule has 0 fully saturated rings. The van der Waals surface area contributed by atoms with Gasteiger partial charge in [0.1, 0.15) is 11.5 Å². The van der Waals surface area contributed by atoms with Crippen LogP contribution in [0.3, 0.4) is 0 Å². The van der Waals surface area contributed by atoms with Crippen LogP contribution in [-0.4, -0.2) is 45.9 Å². The maximum absolute atomic E-state index is 13.1. The summed E-state index contributed by atoms with van der Waals surface area (Å²) in [5, 5.41) is 5.74. The number of benzene rings is 2. The van der Waals surface area contributed by atoms with Crippen LogP contribution in [0, 0.1) is 0 Å². The SMILES string of the molecule is CCOC(=O)C1=C(CN2CCCc3cc(OC)ccc32)NC(=O)NC1c1ccc(OC)cc1. The summed E-state index contributed by atoms with van der Waals surface area (Å²) in [6.07, 6.45) is 1.92. The third-order valence-electron chi connectivity index (χ3n) is 5.95. The second kappa shape index (κ2) is 9.85. The highest BCUT2D eigenvalue weighted by Gasteiger charge is 2.35. The largest absolute Gasteiger partial charge is 0.497 e. The van der Waals surface area contributed by atoms with Crippen molar-refractivity contribution in [2.24, 2.45) is 0 Å². The van der Waals surface area contributed by atoms with Crippen molar-refractivity contribution in [2.75, 3.05) is 38.8 Å². The van der Waals surface area contributed by atoms with E-state index in [0.717, 1.165) is 36.4 Å². The molecule has 2 aliphatic rings. The van der Waals surface area contributed by atoms with E-state index in [1.807, 2.05) is 30.3 Å². The molecule has 0 saturated heterocycles. The lowest BCUT2D eigenvalue weighted by Gasteiger charge is -2.35. The van der Waals surface area contributed by atoms with Crippen LogP contribution >= 0.6 is 0 Å². The number of anilines is 1. The molecule has 0 aromatic heterocycles. The standard InChI is InChI=1S/C25H29N3O5/c1-4-33-24(29)22-20(15-28-13-5-6-17-14-19(32-3)11-12-21(17)28)26-25(30)27-23(22)16-7-9-18(31-2)10-8-16/h7-12,14,23H,4-6,13,15H2,1-3H3,(H2,26,27,30). The zero-order valence-electron chi connectivity index (χ0n) is 19.1. The fourth-order valence-electron chi connectivity index (χ4n) is 4.37. The molecule has 0 bridgehead atoms. The van der Waals surface area contributed by atoms with Gasteiger partial charge in [-0.15, -0.1) is 0 Å². The normalized spacial score (nSPS) is 17.6. The number of amides is 2. The van der Waals surface area contributed by atoms with Gasteiger partial charge in [0.2, 0.25) is 0 Å². The summed E-state index contributed by atoms with van der Waals surface area (Å²) in [7, 11) is 3.25. The highest BCUT2D eigenvalue weighted by atomic mass is 16.5. The van der Waals surface area contributed by atoms with Crippen LogP contribution in [-0.2, 0) is 16.0 Å². The summed E-state index contributed by atoms with van der Waals surface area (Å²) in [4.78, 5) is 27.9. The Hall–Kier alpha value is -3.68. The Bertz CT molecular complexity index is 1060. The Morgan fingerprint density at radius 2 is 1.82 bits per heavy atom. The van der Waals surface area contributed by atoms with Gasteiger partial charge in [0.25, 0.3) is 0 Å². The first-order valence-electron chi connectivity index (χ1n) is 11.1. The third kappa shape index (κ3) is 4.74. The van der Waals surface area contributed by atoms with E-state index in [4.69, 9.17) is 14.2 Å². The molecule has 0 spiro atoms. The Morgan fingerprint density at radius 3 is 2.52 bits per heavy atom. The van der Waals surface area contributed by atoms with E-state index >= 15 is 0 Å². The van der Waals surface area contributed by atoms with Gasteiger partial charge in [0, 0.05) is 12.2 Å². The molecule has 8 nitrogen and oxygen atoms in total. The van der Waals surface area contributed by atoms with Crippen molar-refractivity contribution in [3.05, 3.63) is 64.9 Å². The molecular formula is C25H29N3O5. The van der Waals surface area contributed by atoms with Crippen molar-refractivity contribution in [2.45, 2.75) is 25.8 Å². The fourth-order valence-corrected chi connectivity index (χ4v) is 4.37. The van der Waals surface area contributed by atoms with Crippen LogP contribution in [0.15, 0.2) is 53.7 Å². The van der Waals surface area contributed by atoms with E-state index in [2.05, 4.69) is 15.5 Å². The summed E-state index contributed by atoms with van der Waals surface area (Å²) in [6.45, 7) is 3.21. The van der Waals surface area contributed by atoms with Crippen LogP contribution in [0.5, 0.6) is 11.5 Å². The van der Waals surface area contributed by atoms with Crippen molar-refractivity contribution in [1.82, 2.24) is 10.6 Å². The molecule has 2 aromatic carbocycles. The quantitative estimate of drug-likeness (QED) is 0.628. The van der Waals surface area contributed by atoms with Gasteiger partial charge in [0.15, 0.2) is 0 Å². The number of rotatable bonds is 7. The van der Waals surface area contributed by atoms with E-state index in [9.17, 15) is 9.59 Å². The number of nitrogens with one attached hydrogen (secondary N) is 2. The number of nitrogens with zero attached hydrogens (tertiary/aromatic N) is 1. The topological polar surface area (TPSA) is 89.1 Å². The van der Waals surface area contributed by atoms with Crippen molar-refractivity contribution in [3.8, 4) is 11.5 Å². The Labute approximate surface area is 193 Å². The molecule has 0 aliphatic carbocycles. The first kappa shape index (κ1) is 22.5. The minimum Gasteiger partial charge on any atom is -0.497 e. The first-order valence-corrected chi connectivity index (χ1v) is 11.1. The predicted molar refractivity (Wildman–Crippen MR) is 125 cm³/mol. The van der Waals surface area contributed by atoms with Crippen LogP contribution < -0.4 is 25.0 Å². The number of methoxy groups -OCH3 is 2. The average molecular weight is 452 g/mol. The number of hydrogen-bond acceptors (Lipinski definition) is 6. The van der Waals surface area contributed by atoms with Gasteiger partial charge >= 0.3 is 12.0 Å². The van der Waals surface area contributed by atoms with Crippen LogP contribution in [0.4, 0.5) is 10.5 Å². The molecular weight excluding hydrogens is 422 g/mol. The lowest BCUT2D eigenvalue weighted by atomic mass is 9.94. The summed E-state index contributed by atoms with van der Waals surface area (Å²) in [5.41, 5.74) is 3.98. The summed E-state index contributed by atoms with van der Waals surface area (Å²) < 4.78 is 16.0. The number of esters is 1. The lowest BCUT2D eigenvalue weighted by Crippen LogP contribution is -2.49. The molecule has 2 heterocycles. The lowest BCUT2D eigenvalue weighted by molar-refractivity contribution is -0.139. The molecule has 8 heteroatoms. The van der Waals surface area contributed by atoms with Gasteiger partial charge in [0.05, 0.1) is 44.7 Å². The number of fused-ring (bicyclic) bond motifs is 1. The highest BCUT2D eigenvalue weighted by molar-refractivity contribution is 5.95. The van der Waals surface area contributed by atoms with Gasteiger partial charge in [-0.1, -0.05) is 12.1 Å². The minimum atomic E-state index is -0.626. The van der Waals surface area contributed by atoms with Gasteiger partial charge in [-0.2, -0.15) is 0 Å². The molecule has 0 saturated carbocycles.